The Bertz CT molecular complexity index is 1840. The number of amides is 2. The normalized spacial score (nSPS) is 15.3. The average Bonchev–Trinajstić information content (AvgIpc) is 3.34. The third-order valence-electron chi connectivity index (χ3n) is 8.18. The number of ether oxygens (including phenoxy) is 2. The number of aromatic nitrogens is 2. The van der Waals surface area contributed by atoms with E-state index in [-0.39, 0.29) is 39.3 Å². The number of hydrogen-bond donors (Lipinski definition) is 1. The Hall–Kier alpha value is -4.28. The van der Waals surface area contributed by atoms with Crippen molar-refractivity contribution in [2.75, 3.05) is 37.8 Å². The maximum atomic E-state index is 14.0. The number of nitrogens with one attached hydrogen (secondary N) is 1. The van der Waals surface area contributed by atoms with Crippen molar-refractivity contribution in [3.05, 3.63) is 98.0 Å². The smallest absolute Gasteiger partial charge is 0.410 e. The second-order valence-corrected chi connectivity index (χ2v) is 13.3. The van der Waals surface area contributed by atoms with Crippen LogP contribution in [0.4, 0.5) is 9.59 Å². The first-order valence-corrected chi connectivity index (χ1v) is 15.9. The standard InChI is InChI=1S/C34H35Cl2N5O5/c1-20(37-32(43)45-19-25-23-11-7-5-9-21(23)22-10-6-8-12-24(22)25)30-38-29-27(36)14-13-26(35)28(29)31(42)41(30)40-17-15-39(16-18-40)33(44)46-34(2,3)4/h5-14,20,25H,15-19H2,1-4H3,(H,37,43). The minimum Gasteiger partial charge on any atom is -0.449 e. The van der Waals surface area contributed by atoms with Crippen molar-refractivity contribution in [1.82, 2.24) is 19.9 Å². The minimum atomic E-state index is -0.758. The van der Waals surface area contributed by atoms with Crippen molar-refractivity contribution in [2.24, 2.45) is 0 Å². The molecule has 46 heavy (non-hydrogen) atoms. The molecule has 1 atom stereocenters. The first-order valence-electron chi connectivity index (χ1n) is 15.2. The van der Waals surface area contributed by atoms with E-state index in [1.807, 2.05) is 45.0 Å². The van der Waals surface area contributed by atoms with E-state index >= 15 is 0 Å². The SMILES string of the molecule is CC(NC(=O)OCC1c2ccccc2-c2ccccc21)c1nc2c(Cl)ccc(Cl)c2c(=O)n1N1CCN(C(=O)OC(C)(C)C)CC1. The number of halogens is 2. The molecule has 1 aliphatic heterocycles. The van der Waals surface area contributed by atoms with Crippen LogP contribution in [0.5, 0.6) is 0 Å². The molecular formula is C34H35Cl2N5O5. The molecule has 4 aromatic rings. The topological polar surface area (TPSA) is 106 Å². The highest BCUT2D eigenvalue weighted by Crippen LogP contribution is 2.44. The molecule has 1 aliphatic carbocycles. The van der Waals surface area contributed by atoms with Gasteiger partial charge in [-0.05, 0) is 62.1 Å². The molecule has 2 amide bonds. The van der Waals surface area contributed by atoms with Gasteiger partial charge < -0.3 is 24.7 Å². The van der Waals surface area contributed by atoms with E-state index in [2.05, 4.69) is 29.6 Å². The molecule has 1 N–H and O–H groups in total. The van der Waals surface area contributed by atoms with Gasteiger partial charge >= 0.3 is 12.2 Å². The summed E-state index contributed by atoms with van der Waals surface area (Å²) in [7, 11) is 0. The molecule has 2 aliphatic rings. The zero-order valence-electron chi connectivity index (χ0n) is 26.0. The molecule has 1 fully saturated rings. The summed E-state index contributed by atoms with van der Waals surface area (Å²) in [5, 5.41) is 5.28. The Balaban J connectivity index is 1.24. The lowest BCUT2D eigenvalue weighted by Crippen LogP contribution is -2.57. The lowest BCUT2D eigenvalue weighted by Gasteiger charge is -2.38. The van der Waals surface area contributed by atoms with Crippen LogP contribution in [-0.4, -0.2) is 65.1 Å². The molecule has 1 unspecified atom stereocenters. The van der Waals surface area contributed by atoms with Gasteiger partial charge in [-0.1, -0.05) is 71.7 Å². The van der Waals surface area contributed by atoms with E-state index in [1.165, 1.54) is 4.68 Å². The summed E-state index contributed by atoms with van der Waals surface area (Å²) in [5.41, 5.74) is 3.65. The molecule has 0 saturated carbocycles. The molecule has 3 aromatic carbocycles. The number of fused-ring (bicyclic) bond motifs is 4. The van der Waals surface area contributed by atoms with Gasteiger partial charge in [-0.3, -0.25) is 4.79 Å². The highest BCUT2D eigenvalue weighted by molar-refractivity contribution is 6.39. The molecule has 1 saturated heterocycles. The molecule has 1 aromatic heterocycles. The predicted octanol–water partition coefficient (Wildman–Crippen LogP) is 6.49. The molecular weight excluding hydrogens is 629 g/mol. The molecule has 0 radical (unpaired) electrons. The monoisotopic (exact) mass is 663 g/mol. The number of rotatable bonds is 5. The summed E-state index contributed by atoms with van der Waals surface area (Å²) in [6.07, 6.45) is -1.07. The van der Waals surface area contributed by atoms with Crippen LogP contribution >= 0.6 is 23.2 Å². The molecule has 240 valence electrons. The number of nitrogens with zero attached hydrogens (tertiary/aromatic N) is 4. The summed E-state index contributed by atoms with van der Waals surface area (Å²) in [6.45, 7) is 8.56. The van der Waals surface area contributed by atoms with Crippen LogP contribution < -0.4 is 15.9 Å². The van der Waals surface area contributed by atoms with Gasteiger partial charge in [-0.2, -0.15) is 0 Å². The fourth-order valence-electron chi connectivity index (χ4n) is 6.07. The van der Waals surface area contributed by atoms with Gasteiger partial charge in [-0.15, -0.1) is 0 Å². The maximum Gasteiger partial charge on any atom is 0.410 e. The van der Waals surface area contributed by atoms with E-state index in [9.17, 15) is 14.4 Å². The Labute approximate surface area is 276 Å². The van der Waals surface area contributed by atoms with Crippen molar-refractivity contribution >= 4 is 46.3 Å². The quantitative estimate of drug-likeness (QED) is 0.260. The fourth-order valence-corrected chi connectivity index (χ4v) is 6.50. The number of carbonyl (C=O) groups is 2. The lowest BCUT2D eigenvalue weighted by atomic mass is 9.98. The largest absolute Gasteiger partial charge is 0.449 e. The predicted molar refractivity (Wildman–Crippen MR) is 178 cm³/mol. The zero-order chi connectivity index (χ0) is 32.7. The first-order chi connectivity index (χ1) is 21.9. The van der Waals surface area contributed by atoms with E-state index in [4.69, 9.17) is 37.7 Å². The summed E-state index contributed by atoms with van der Waals surface area (Å²) < 4.78 is 12.7. The fraction of sp³-hybridized carbons (Fsp3) is 0.353. The van der Waals surface area contributed by atoms with Crippen molar-refractivity contribution in [1.29, 1.82) is 0 Å². The van der Waals surface area contributed by atoms with Crippen molar-refractivity contribution in [2.45, 2.75) is 45.3 Å². The lowest BCUT2D eigenvalue weighted by molar-refractivity contribution is 0.0231. The van der Waals surface area contributed by atoms with Crippen LogP contribution in [0.3, 0.4) is 0 Å². The summed E-state index contributed by atoms with van der Waals surface area (Å²) >= 11 is 13.0. The number of piperazine rings is 1. The van der Waals surface area contributed by atoms with Crippen molar-refractivity contribution in [3.63, 3.8) is 0 Å². The van der Waals surface area contributed by atoms with Crippen LogP contribution in [0.1, 0.15) is 56.6 Å². The van der Waals surface area contributed by atoms with Gasteiger partial charge in [-0.25, -0.2) is 19.2 Å². The van der Waals surface area contributed by atoms with Crippen molar-refractivity contribution in [3.8, 4) is 11.1 Å². The molecule has 2 heterocycles. The third-order valence-corrected chi connectivity index (χ3v) is 8.80. The van der Waals surface area contributed by atoms with E-state index in [0.29, 0.717) is 26.2 Å². The highest BCUT2D eigenvalue weighted by atomic mass is 35.5. The summed E-state index contributed by atoms with van der Waals surface area (Å²) in [6, 6.07) is 18.6. The van der Waals surface area contributed by atoms with Crippen LogP contribution in [0, 0.1) is 0 Å². The van der Waals surface area contributed by atoms with Crippen LogP contribution in [0.2, 0.25) is 10.0 Å². The Morgan fingerprint density at radius 1 is 0.935 bits per heavy atom. The molecule has 0 bridgehead atoms. The number of alkyl carbamates (subject to hydrolysis) is 1. The van der Waals surface area contributed by atoms with Gasteiger partial charge in [0, 0.05) is 19.0 Å². The van der Waals surface area contributed by atoms with Crippen molar-refractivity contribution < 1.29 is 19.1 Å². The number of carbonyl (C=O) groups excluding carboxylic acids is 2. The average molecular weight is 665 g/mol. The maximum absolute atomic E-state index is 14.0. The van der Waals surface area contributed by atoms with Gasteiger partial charge in [0.25, 0.3) is 5.56 Å². The highest BCUT2D eigenvalue weighted by Gasteiger charge is 2.32. The third kappa shape index (κ3) is 6.11. The zero-order valence-corrected chi connectivity index (χ0v) is 27.6. The second kappa shape index (κ2) is 12.5. The molecule has 6 rings (SSSR count). The molecule has 12 heteroatoms. The number of benzene rings is 3. The van der Waals surface area contributed by atoms with Gasteiger partial charge in [0.05, 0.1) is 40.1 Å². The van der Waals surface area contributed by atoms with Gasteiger partial charge in [0.15, 0.2) is 5.82 Å². The van der Waals surface area contributed by atoms with Crippen LogP contribution in [-0.2, 0) is 9.47 Å². The van der Waals surface area contributed by atoms with E-state index < -0.39 is 29.4 Å². The number of hydrogen-bond acceptors (Lipinski definition) is 7. The van der Waals surface area contributed by atoms with E-state index in [0.717, 1.165) is 22.3 Å². The first kappa shape index (κ1) is 31.7. The Kier molecular flexibility index (Phi) is 8.60. The van der Waals surface area contributed by atoms with Gasteiger partial charge in [0.2, 0.25) is 0 Å². The van der Waals surface area contributed by atoms with Gasteiger partial charge in [0.1, 0.15) is 12.2 Å². The Morgan fingerprint density at radius 3 is 2.13 bits per heavy atom. The Morgan fingerprint density at radius 2 is 1.52 bits per heavy atom. The summed E-state index contributed by atoms with van der Waals surface area (Å²) in [4.78, 5) is 46.3. The summed E-state index contributed by atoms with van der Waals surface area (Å²) in [5.74, 6) is 0.147. The van der Waals surface area contributed by atoms with Crippen LogP contribution in [0.15, 0.2) is 65.5 Å². The minimum absolute atomic E-state index is 0.104. The molecule has 10 nitrogen and oxygen atoms in total. The van der Waals surface area contributed by atoms with E-state index in [1.54, 1.807) is 29.0 Å². The van der Waals surface area contributed by atoms with Crippen LogP contribution in [0.25, 0.3) is 22.0 Å². The molecule has 0 spiro atoms. The second-order valence-electron chi connectivity index (χ2n) is 12.5.